The van der Waals surface area contributed by atoms with Gasteiger partial charge in [0.2, 0.25) is 5.15 Å². The zero-order valence-corrected chi connectivity index (χ0v) is 10.7. The highest BCUT2D eigenvalue weighted by molar-refractivity contribution is 6.32. The highest BCUT2D eigenvalue weighted by Gasteiger charge is 2.24. The van der Waals surface area contributed by atoms with Crippen molar-refractivity contribution in [3.05, 3.63) is 27.0 Å². The van der Waals surface area contributed by atoms with Gasteiger partial charge in [-0.1, -0.05) is 11.6 Å². The number of carbonyl (C=O) groups excluding carboxylic acids is 1. The average Bonchev–Trinajstić information content (AvgIpc) is 2.28. The Kier molecular flexibility index (Phi) is 4.85. The number of nitrogens with one attached hydrogen (secondary N) is 1. The molecule has 0 amide bonds. The molecule has 0 aromatic carbocycles. The predicted molar refractivity (Wildman–Crippen MR) is 66.0 cm³/mol. The molecule has 0 aliphatic rings. The van der Waals surface area contributed by atoms with Gasteiger partial charge in [-0.2, -0.15) is 0 Å². The minimum absolute atomic E-state index is 0.0663. The molecule has 0 unspecified atom stereocenters. The molecule has 0 fully saturated rings. The Labute approximate surface area is 108 Å². The van der Waals surface area contributed by atoms with Crippen LogP contribution in [-0.4, -0.2) is 29.0 Å². The number of aromatic nitrogens is 1. The first-order valence-corrected chi connectivity index (χ1v) is 5.64. The Balaban J connectivity index is 3.26. The molecule has 0 saturated heterocycles. The van der Waals surface area contributed by atoms with Gasteiger partial charge < -0.3 is 10.1 Å². The van der Waals surface area contributed by atoms with Crippen LogP contribution < -0.4 is 5.32 Å². The van der Waals surface area contributed by atoms with Crippen LogP contribution in [-0.2, 0) is 4.74 Å². The number of hydrogen-bond acceptors (Lipinski definition) is 6. The molecule has 0 atom stereocenters. The monoisotopic (exact) mass is 273 g/mol. The van der Waals surface area contributed by atoms with E-state index in [1.807, 2.05) is 0 Å². The largest absolute Gasteiger partial charge is 0.461 e. The number of esters is 1. The van der Waals surface area contributed by atoms with Crippen molar-refractivity contribution in [1.82, 2.24) is 4.98 Å². The van der Waals surface area contributed by atoms with Gasteiger partial charge in [-0.05, 0) is 13.8 Å². The molecular formula is C10H12ClN3O4. The molecular weight excluding hydrogens is 262 g/mol. The number of pyridine rings is 1. The van der Waals surface area contributed by atoms with Gasteiger partial charge >= 0.3 is 11.7 Å². The first-order valence-electron chi connectivity index (χ1n) is 5.27. The lowest BCUT2D eigenvalue weighted by molar-refractivity contribution is -0.384. The Morgan fingerprint density at radius 3 is 2.78 bits per heavy atom. The van der Waals surface area contributed by atoms with Crippen LogP contribution >= 0.6 is 11.6 Å². The maximum Gasteiger partial charge on any atom is 0.357 e. The van der Waals surface area contributed by atoms with Crippen molar-refractivity contribution in [3.63, 3.8) is 0 Å². The lowest BCUT2D eigenvalue weighted by atomic mass is 10.2. The zero-order chi connectivity index (χ0) is 13.7. The number of anilines is 1. The van der Waals surface area contributed by atoms with Gasteiger partial charge in [-0.25, -0.2) is 9.78 Å². The second kappa shape index (κ2) is 6.15. The van der Waals surface area contributed by atoms with E-state index in [1.54, 1.807) is 13.8 Å². The Bertz CT molecular complexity index is 478. The van der Waals surface area contributed by atoms with Gasteiger partial charge in [-0.15, -0.1) is 0 Å². The predicted octanol–water partition coefficient (Wildman–Crippen LogP) is 2.25. The summed E-state index contributed by atoms with van der Waals surface area (Å²) in [6, 6.07) is 1.26. The van der Waals surface area contributed by atoms with Crippen LogP contribution in [0.25, 0.3) is 0 Å². The summed E-state index contributed by atoms with van der Waals surface area (Å²) in [5, 5.41) is 13.3. The second-order valence-corrected chi connectivity index (χ2v) is 3.56. The van der Waals surface area contributed by atoms with Crippen molar-refractivity contribution in [2.75, 3.05) is 18.5 Å². The normalized spacial score (nSPS) is 9.94. The van der Waals surface area contributed by atoms with E-state index in [0.717, 1.165) is 0 Å². The minimum atomic E-state index is -0.673. The number of rotatable bonds is 5. The quantitative estimate of drug-likeness (QED) is 0.383. The van der Waals surface area contributed by atoms with Crippen molar-refractivity contribution < 1.29 is 14.5 Å². The van der Waals surface area contributed by atoms with Gasteiger partial charge in [0.25, 0.3) is 0 Å². The third-order valence-corrected chi connectivity index (χ3v) is 2.25. The number of nitro groups is 1. The number of carbonyl (C=O) groups is 1. The molecule has 1 aromatic rings. The minimum Gasteiger partial charge on any atom is -0.461 e. The number of ether oxygens (including phenoxy) is 1. The van der Waals surface area contributed by atoms with Crippen molar-refractivity contribution in [3.8, 4) is 0 Å². The SMILES string of the molecule is CCNc1cc(C(=O)OCC)nc(Cl)c1[N+](=O)[O-]. The molecule has 1 aromatic heterocycles. The maximum atomic E-state index is 11.5. The summed E-state index contributed by atoms with van der Waals surface area (Å²) in [4.78, 5) is 25.4. The first-order chi connectivity index (χ1) is 8.51. The zero-order valence-electron chi connectivity index (χ0n) is 9.90. The van der Waals surface area contributed by atoms with Crippen LogP contribution in [0.2, 0.25) is 5.15 Å². The van der Waals surface area contributed by atoms with E-state index >= 15 is 0 Å². The molecule has 1 rings (SSSR count). The summed E-state index contributed by atoms with van der Waals surface area (Å²) in [5.74, 6) is -0.673. The van der Waals surface area contributed by atoms with Gasteiger partial charge in [-0.3, -0.25) is 10.1 Å². The molecule has 18 heavy (non-hydrogen) atoms. The summed E-state index contributed by atoms with van der Waals surface area (Å²) < 4.78 is 4.76. The van der Waals surface area contributed by atoms with Crippen LogP contribution in [0.4, 0.5) is 11.4 Å². The van der Waals surface area contributed by atoms with E-state index in [1.165, 1.54) is 6.07 Å². The summed E-state index contributed by atoms with van der Waals surface area (Å²) in [6.45, 7) is 4.05. The lowest BCUT2D eigenvalue weighted by Crippen LogP contribution is -2.10. The molecule has 0 aliphatic carbocycles. The van der Waals surface area contributed by atoms with E-state index in [2.05, 4.69) is 10.3 Å². The van der Waals surface area contributed by atoms with Gasteiger partial charge in [0.1, 0.15) is 5.69 Å². The van der Waals surface area contributed by atoms with Gasteiger partial charge in [0, 0.05) is 12.6 Å². The van der Waals surface area contributed by atoms with E-state index in [9.17, 15) is 14.9 Å². The van der Waals surface area contributed by atoms with Crippen LogP contribution in [0.15, 0.2) is 6.07 Å². The molecule has 0 radical (unpaired) electrons. The molecule has 1 heterocycles. The topological polar surface area (TPSA) is 94.4 Å². The van der Waals surface area contributed by atoms with Crippen molar-refractivity contribution in [1.29, 1.82) is 0 Å². The fraction of sp³-hybridized carbons (Fsp3) is 0.400. The highest BCUT2D eigenvalue weighted by atomic mass is 35.5. The first kappa shape index (κ1) is 14.2. The fourth-order valence-electron chi connectivity index (χ4n) is 1.32. The molecule has 0 saturated carbocycles. The lowest BCUT2D eigenvalue weighted by Gasteiger charge is -2.07. The number of nitrogens with zero attached hydrogens (tertiary/aromatic N) is 2. The summed E-state index contributed by atoms with van der Waals surface area (Å²) in [6.07, 6.45) is 0. The van der Waals surface area contributed by atoms with Crippen molar-refractivity contribution >= 4 is 28.9 Å². The second-order valence-electron chi connectivity index (χ2n) is 3.20. The van der Waals surface area contributed by atoms with Gasteiger partial charge in [0.05, 0.1) is 11.5 Å². The summed E-state index contributed by atoms with van der Waals surface area (Å²) >= 11 is 5.71. The van der Waals surface area contributed by atoms with Crippen LogP contribution in [0.1, 0.15) is 24.3 Å². The van der Waals surface area contributed by atoms with Crippen LogP contribution in [0.3, 0.4) is 0 Å². The molecule has 1 N–H and O–H groups in total. The molecule has 0 spiro atoms. The van der Waals surface area contributed by atoms with Crippen molar-refractivity contribution in [2.45, 2.75) is 13.8 Å². The van der Waals surface area contributed by atoms with Crippen LogP contribution in [0.5, 0.6) is 0 Å². The molecule has 98 valence electrons. The number of halogens is 1. The Hall–Kier alpha value is -1.89. The standard InChI is InChI=1S/C10H12ClN3O4/c1-3-12-6-5-7(10(15)18-4-2)13-9(11)8(6)14(16)17/h5H,3-4H2,1-2H3,(H,12,13). The maximum absolute atomic E-state index is 11.5. The Morgan fingerprint density at radius 2 is 2.28 bits per heavy atom. The fourth-order valence-corrected chi connectivity index (χ4v) is 1.58. The Morgan fingerprint density at radius 1 is 1.61 bits per heavy atom. The smallest absolute Gasteiger partial charge is 0.357 e. The van der Waals surface area contributed by atoms with E-state index in [0.29, 0.717) is 6.54 Å². The summed E-state index contributed by atoms with van der Waals surface area (Å²) in [7, 11) is 0. The molecule has 0 aliphatic heterocycles. The van der Waals surface area contributed by atoms with E-state index < -0.39 is 10.9 Å². The van der Waals surface area contributed by atoms with E-state index in [-0.39, 0.29) is 28.8 Å². The van der Waals surface area contributed by atoms with Gasteiger partial charge in [0.15, 0.2) is 5.69 Å². The average molecular weight is 274 g/mol. The van der Waals surface area contributed by atoms with E-state index in [4.69, 9.17) is 16.3 Å². The molecule has 7 nitrogen and oxygen atoms in total. The third-order valence-electron chi connectivity index (χ3n) is 1.98. The van der Waals surface area contributed by atoms with Crippen LogP contribution in [0, 0.1) is 10.1 Å². The number of hydrogen-bond donors (Lipinski definition) is 1. The molecule has 8 heteroatoms. The molecule has 0 bridgehead atoms. The van der Waals surface area contributed by atoms with Crippen molar-refractivity contribution in [2.24, 2.45) is 0 Å². The third kappa shape index (κ3) is 3.07. The highest BCUT2D eigenvalue weighted by Crippen LogP contribution is 2.31. The summed E-state index contributed by atoms with van der Waals surface area (Å²) in [5.41, 5.74) is -0.277.